The summed E-state index contributed by atoms with van der Waals surface area (Å²) in [5.74, 6) is -0.798. The van der Waals surface area contributed by atoms with Crippen molar-refractivity contribution < 1.29 is 14.3 Å². The first-order valence-electron chi connectivity index (χ1n) is 6.89. The maximum atomic E-state index is 12.8. The number of hydrogen-bond donors (Lipinski definition) is 2. The van der Waals surface area contributed by atoms with E-state index >= 15 is 0 Å². The average Bonchev–Trinajstić information content (AvgIpc) is 2.52. The third kappa shape index (κ3) is 3.95. The first-order valence-corrected chi connectivity index (χ1v) is 6.89. The number of carbonyl (C=O) groups excluding carboxylic acids is 1. The first kappa shape index (κ1) is 16.2. The molecule has 0 bridgehead atoms. The van der Waals surface area contributed by atoms with Crippen LogP contribution in [0.15, 0.2) is 42.0 Å². The zero-order chi connectivity index (χ0) is 17.0. The van der Waals surface area contributed by atoms with Gasteiger partial charge < -0.3 is 10.4 Å². The lowest BCUT2D eigenvalue weighted by Gasteiger charge is -2.06. The van der Waals surface area contributed by atoms with Crippen molar-refractivity contribution in [1.29, 1.82) is 5.26 Å². The summed E-state index contributed by atoms with van der Waals surface area (Å²) in [5.41, 5.74) is 2.28. The molecule has 2 aromatic carbocycles. The van der Waals surface area contributed by atoms with Crippen LogP contribution in [-0.2, 0) is 4.79 Å². The molecule has 0 aromatic heterocycles. The maximum Gasteiger partial charge on any atom is 0.266 e. The summed E-state index contributed by atoms with van der Waals surface area (Å²) in [6.45, 7) is 3.48. The van der Waals surface area contributed by atoms with Crippen LogP contribution in [-0.4, -0.2) is 11.0 Å². The van der Waals surface area contributed by atoms with Gasteiger partial charge in [-0.15, -0.1) is 0 Å². The van der Waals surface area contributed by atoms with Crippen LogP contribution in [0.3, 0.4) is 0 Å². The van der Waals surface area contributed by atoms with Crippen LogP contribution in [0.25, 0.3) is 6.08 Å². The van der Waals surface area contributed by atoms with Gasteiger partial charge in [-0.25, -0.2) is 4.39 Å². The molecule has 2 aromatic rings. The second-order valence-electron chi connectivity index (χ2n) is 5.13. The fourth-order valence-corrected chi connectivity index (χ4v) is 2.12. The second-order valence-corrected chi connectivity index (χ2v) is 5.13. The van der Waals surface area contributed by atoms with Crippen molar-refractivity contribution in [1.82, 2.24) is 0 Å². The Balaban J connectivity index is 2.26. The van der Waals surface area contributed by atoms with Gasteiger partial charge in [0.25, 0.3) is 5.91 Å². The minimum atomic E-state index is -0.581. The van der Waals surface area contributed by atoms with Crippen LogP contribution in [0.1, 0.15) is 16.7 Å². The molecule has 0 aliphatic carbocycles. The smallest absolute Gasteiger partial charge is 0.266 e. The Bertz CT molecular complexity index is 795. The van der Waals surface area contributed by atoms with E-state index in [1.165, 1.54) is 30.3 Å². The Morgan fingerprint density at radius 2 is 1.78 bits per heavy atom. The number of nitrogens with zero attached hydrogens (tertiary/aromatic N) is 1. The molecule has 2 rings (SSSR count). The minimum Gasteiger partial charge on any atom is -0.507 e. The summed E-state index contributed by atoms with van der Waals surface area (Å²) in [6.07, 6.45) is 1.44. The molecule has 0 saturated carbocycles. The van der Waals surface area contributed by atoms with E-state index in [9.17, 15) is 19.6 Å². The van der Waals surface area contributed by atoms with Crippen LogP contribution >= 0.6 is 0 Å². The van der Waals surface area contributed by atoms with Gasteiger partial charge in [0.15, 0.2) is 0 Å². The van der Waals surface area contributed by atoms with E-state index in [1.807, 2.05) is 6.07 Å². The van der Waals surface area contributed by atoms with E-state index in [2.05, 4.69) is 5.32 Å². The molecular formula is C18H15FN2O2. The SMILES string of the molecule is Cc1cc(/C=C(\C#N)C(=O)Nc2ccc(F)cc2)cc(C)c1O. The monoisotopic (exact) mass is 310 g/mol. The summed E-state index contributed by atoms with van der Waals surface area (Å²) in [7, 11) is 0. The number of carbonyl (C=O) groups is 1. The summed E-state index contributed by atoms with van der Waals surface area (Å²) in [5, 5.41) is 21.5. The fourth-order valence-electron chi connectivity index (χ4n) is 2.12. The van der Waals surface area contributed by atoms with Gasteiger partial charge in [-0.1, -0.05) is 0 Å². The van der Waals surface area contributed by atoms with Crippen LogP contribution in [0.4, 0.5) is 10.1 Å². The molecule has 0 fully saturated rings. The minimum absolute atomic E-state index is 0.0844. The molecule has 4 nitrogen and oxygen atoms in total. The van der Waals surface area contributed by atoms with Crippen LogP contribution in [0.2, 0.25) is 0 Å². The number of benzene rings is 2. The average molecular weight is 310 g/mol. The number of anilines is 1. The lowest BCUT2D eigenvalue weighted by molar-refractivity contribution is -0.112. The Labute approximate surface area is 133 Å². The summed E-state index contributed by atoms with van der Waals surface area (Å²) >= 11 is 0. The molecule has 2 N–H and O–H groups in total. The van der Waals surface area contributed by atoms with Crippen molar-refractivity contribution in [2.45, 2.75) is 13.8 Å². The largest absolute Gasteiger partial charge is 0.507 e. The van der Waals surface area contributed by atoms with Gasteiger partial charge in [-0.05, 0) is 73.0 Å². The number of hydrogen-bond acceptors (Lipinski definition) is 3. The van der Waals surface area contributed by atoms with E-state index in [1.54, 1.807) is 26.0 Å². The quantitative estimate of drug-likeness (QED) is 0.670. The summed E-state index contributed by atoms with van der Waals surface area (Å²) in [6, 6.07) is 10.5. The van der Waals surface area contributed by atoms with Gasteiger partial charge in [-0.3, -0.25) is 4.79 Å². The standard InChI is InChI=1S/C18H15FN2O2/c1-11-7-13(8-12(2)17(11)22)9-14(10-20)18(23)21-16-5-3-15(19)4-6-16/h3-9,22H,1-2H3,(H,21,23)/b14-9+. The van der Waals surface area contributed by atoms with Crippen molar-refractivity contribution in [2.75, 3.05) is 5.32 Å². The highest BCUT2D eigenvalue weighted by atomic mass is 19.1. The zero-order valence-corrected chi connectivity index (χ0v) is 12.7. The third-order valence-electron chi connectivity index (χ3n) is 3.29. The normalized spacial score (nSPS) is 11.0. The topological polar surface area (TPSA) is 73.1 Å². The van der Waals surface area contributed by atoms with Crippen molar-refractivity contribution in [3.63, 3.8) is 0 Å². The number of phenolic OH excluding ortho intramolecular Hbond substituents is 1. The molecule has 116 valence electrons. The van der Waals surface area contributed by atoms with Gasteiger partial charge in [0.1, 0.15) is 23.2 Å². The number of halogens is 1. The van der Waals surface area contributed by atoms with Crippen LogP contribution in [0.5, 0.6) is 5.75 Å². The Morgan fingerprint density at radius 3 is 2.30 bits per heavy atom. The molecular weight excluding hydrogens is 295 g/mol. The molecule has 0 saturated heterocycles. The van der Waals surface area contributed by atoms with Crippen molar-refractivity contribution in [3.05, 3.63) is 64.5 Å². The molecule has 0 heterocycles. The van der Waals surface area contributed by atoms with Crippen LogP contribution in [0, 0.1) is 31.0 Å². The maximum absolute atomic E-state index is 12.8. The van der Waals surface area contributed by atoms with Crippen molar-refractivity contribution in [2.24, 2.45) is 0 Å². The van der Waals surface area contributed by atoms with E-state index in [0.717, 1.165) is 0 Å². The highest BCUT2D eigenvalue weighted by Crippen LogP contribution is 2.24. The Morgan fingerprint density at radius 1 is 1.22 bits per heavy atom. The lowest BCUT2D eigenvalue weighted by atomic mass is 10.0. The van der Waals surface area contributed by atoms with Gasteiger partial charge in [0.2, 0.25) is 0 Å². The van der Waals surface area contributed by atoms with Gasteiger partial charge in [0.05, 0.1) is 0 Å². The second kappa shape index (κ2) is 6.75. The van der Waals surface area contributed by atoms with Crippen molar-refractivity contribution >= 4 is 17.7 Å². The Kier molecular flexibility index (Phi) is 4.77. The van der Waals surface area contributed by atoms with Gasteiger partial charge in [0, 0.05) is 5.69 Å². The molecule has 5 heteroatoms. The first-order chi connectivity index (χ1) is 10.9. The molecule has 0 aliphatic rings. The summed E-state index contributed by atoms with van der Waals surface area (Å²) < 4.78 is 12.8. The molecule has 0 aliphatic heterocycles. The highest BCUT2D eigenvalue weighted by Gasteiger charge is 2.10. The van der Waals surface area contributed by atoms with E-state index < -0.39 is 11.7 Å². The van der Waals surface area contributed by atoms with Crippen LogP contribution < -0.4 is 5.32 Å². The Hall–Kier alpha value is -3.13. The van der Waals surface area contributed by atoms with Gasteiger partial charge >= 0.3 is 0 Å². The molecule has 0 unspecified atom stereocenters. The van der Waals surface area contributed by atoms with Crippen molar-refractivity contribution in [3.8, 4) is 11.8 Å². The highest BCUT2D eigenvalue weighted by molar-refractivity contribution is 6.09. The van der Waals surface area contributed by atoms with E-state index in [4.69, 9.17) is 0 Å². The zero-order valence-electron chi connectivity index (χ0n) is 12.7. The number of phenols is 1. The fraction of sp³-hybridized carbons (Fsp3) is 0.111. The third-order valence-corrected chi connectivity index (χ3v) is 3.29. The molecule has 0 spiro atoms. The lowest BCUT2D eigenvalue weighted by Crippen LogP contribution is -2.13. The predicted molar refractivity (Wildman–Crippen MR) is 86.2 cm³/mol. The molecule has 0 atom stereocenters. The summed E-state index contributed by atoms with van der Waals surface area (Å²) in [4.78, 5) is 12.1. The molecule has 23 heavy (non-hydrogen) atoms. The predicted octanol–water partition coefficient (Wildman–Crippen LogP) is 3.69. The van der Waals surface area contributed by atoms with Gasteiger partial charge in [-0.2, -0.15) is 5.26 Å². The molecule has 1 amide bonds. The number of aromatic hydroxyl groups is 1. The number of aryl methyl sites for hydroxylation is 2. The number of nitriles is 1. The number of nitrogens with one attached hydrogen (secondary N) is 1. The van der Waals surface area contributed by atoms with E-state index in [-0.39, 0.29) is 11.3 Å². The number of rotatable bonds is 3. The number of amides is 1. The molecule has 0 radical (unpaired) electrons. The van der Waals surface area contributed by atoms with E-state index in [0.29, 0.717) is 22.4 Å².